The average molecular weight is 464 g/mol. The highest BCUT2D eigenvalue weighted by molar-refractivity contribution is 14.0. The third-order valence-electron chi connectivity index (χ3n) is 5.55. The van der Waals surface area contributed by atoms with Crippen molar-refractivity contribution >= 4 is 35.8 Å². The van der Waals surface area contributed by atoms with Gasteiger partial charge in [-0.1, -0.05) is 12.8 Å². The molecule has 0 aromatic carbocycles. The number of ether oxygens (including phenoxy) is 1. The summed E-state index contributed by atoms with van der Waals surface area (Å²) in [7, 11) is 1.80. The lowest BCUT2D eigenvalue weighted by Crippen LogP contribution is -2.46. The maximum Gasteiger partial charge on any atom is 0.225 e. The minimum Gasteiger partial charge on any atom is -0.378 e. The van der Waals surface area contributed by atoms with Crippen LogP contribution < -0.4 is 10.6 Å². The van der Waals surface area contributed by atoms with Gasteiger partial charge in [-0.15, -0.1) is 24.0 Å². The van der Waals surface area contributed by atoms with Crippen LogP contribution in [0.1, 0.15) is 51.4 Å². The first-order valence-corrected chi connectivity index (χ1v) is 9.64. The van der Waals surface area contributed by atoms with Gasteiger partial charge >= 0.3 is 0 Å². The van der Waals surface area contributed by atoms with Gasteiger partial charge in [0.15, 0.2) is 5.96 Å². The second-order valence-corrected chi connectivity index (χ2v) is 7.32. The number of carbonyl (C=O) groups is 1. The summed E-state index contributed by atoms with van der Waals surface area (Å²) >= 11 is 0. The zero-order valence-corrected chi connectivity index (χ0v) is 17.7. The number of aliphatic imine (C=N–C) groups is 1. The van der Waals surface area contributed by atoms with Crippen LogP contribution in [0.4, 0.5) is 0 Å². The number of carbonyl (C=O) groups excluding carboxylic acids is 1. The number of nitrogens with one attached hydrogen (secondary N) is 2. The van der Waals surface area contributed by atoms with Crippen molar-refractivity contribution in [3.63, 3.8) is 0 Å². The van der Waals surface area contributed by atoms with Crippen molar-refractivity contribution in [2.75, 3.05) is 33.3 Å². The highest BCUT2D eigenvalue weighted by Gasteiger charge is 2.32. The number of amides is 1. The van der Waals surface area contributed by atoms with Crippen molar-refractivity contribution in [3.8, 4) is 0 Å². The molecule has 0 aromatic rings. The molecule has 2 saturated heterocycles. The second kappa shape index (κ2) is 10.5. The van der Waals surface area contributed by atoms with Crippen LogP contribution in [0.25, 0.3) is 0 Å². The lowest BCUT2D eigenvalue weighted by Gasteiger charge is -2.21. The van der Waals surface area contributed by atoms with Crippen molar-refractivity contribution in [1.29, 1.82) is 0 Å². The Labute approximate surface area is 168 Å². The van der Waals surface area contributed by atoms with Crippen LogP contribution >= 0.6 is 24.0 Å². The molecule has 1 amide bonds. The molecule has 2 atom stereocenters. The Morgan fingerprint density at radius 3 is 2.68 bits per heavy atom. The third-order valence-corrected chi connectivity index (χ3v) is 5.55. The van der Waals surface area contributed by atoms with Gasteiger partial charge in [0.2, 0.25) is 5.91 Å². The zero-order valence-electron chi connectivity index (χ0n) is 15.3. The van der Waals surface area contributed by atoms with E-state index in [9.17, 15) is 4.79 Å². The van der Waals surface area contributed by atoms with Gasteiger partial charge in [0.25, 0.3) is 0 Å². The molecular formula is C18H33IN4O2. The van der Waals surface area contributed by atoms with Gasteiger partial charge in [-0.3, -0.25) is 9.79 Å². The average Bonchev–Trinajstić information content (AvgIpc) is 3.34. The van der Waals surface area contributed by atoms with Crippen molar-refractivity contribution in [1.82, 2.24) is 15.5 Å². The molecular weight excluding hydrogens is 431 g/mol. The lowest BCUT2D eigenvalue weighted by atomic mass is 10.1. The summed E-state index contributed by atoms with van der Waals surface area (Å²) in [5, 5.41) is 6.85. The van der Waals surface area contributed by atoms with Gasteiger partial charge in [0.1, 0.15) is 0 Å². The van der Waals surface area contributed by atoms with Crippen molar-refractivity contribution in [3.05, 3.63) is 0 Å². The Morgan fingerprint density at radius 2 is 2.00 bits per heavy atom. The molecule has 1 aliphatic carbocycles. The van der Waals surface area contributed by atoms with Crippen molar-refractivity contribution in [2.45, 2.75) is 63.5 Å². The summed E-state index contributed by atoms with van der Waals surface area (Å²) < 4.78 is 5.65. The normalized spacial score (nSPS) is 27.4. The second-order valence-electron chi connectivity index (χ2n) is 7.32. The van der Waals surface area contributed by atoms with E-state index in [1.165, 1.54) is 25.7 Å². The monoisotopic (exact) mass is 464 g/mol. The highest BCUT2D eigenvalue weighted by Crippen LogP contribution is 2.27. The van der Waals surface area contributed by atoms with E-state index in [0.29, 0.717) is 18.1 Å². The van der Waals surface area contributed by atoms with Crippen molar-refractivity contribution < 1.29 is 9.53 Å². The van der Waals surface area contributed by atoms with Crippen LogP contribution in [0.15, 0.2) is 4.99 Å². The number of likely N-dealkylation sites (tertiary alicyclic amines) is 1. The molecule has 0 spiro atoms. The Bertz CT molecular complexity index is 448. The van der Waals surface area contributed by atoms with Gasteiger partial charge in [0, 0.05) is 45.2 Å². The number of rotatable bonds is 5. The Balaban J connectivity index is 0.00000225. The van der Waals surface area contributed by atoms with E-state index in [2.05, 4.69) is 15.6 Å². The topological polar surface area (TPSA) is 66.0 Å². The molecule has 3 aliphatic rings. The van der Waals surface area contributed by atoms with E-state index in [1.807, 2.05) is 4.90 Å². The van der Waals surface area contributed by atoms with Crippen LogP contribution in [0, 0.1) is 5.92 Å². The van der Waals surface area contributed by atoms with Gasteiger partial charge in [-0.25, -0.2) is 0 Å². The van der Waals surface area contributed by atoms with Gasteiger partial charge in [0.05, 0.1) is 6.10 Å². The fourth-order valence-corrected chi connectivity index (χ4v) is 4.12. The summed E-state index contributed by atoms with van der Waals surface area (Å²) in [6, 6.07) is 0.310. The molecule has 144 valence electrons. The molecule has 0 bridgehead atoms. The number of hydrogen-bond donors (Lipinski definition) is 2. The number of hydrogen-bond acceptors (Lipinski definition) is 3. The summed E-state index contributed by atoms with van der Waals surface area (Å²) in [6.45, 7) is 3.47. The standard InChI is InChI=1S/C18H32N4O2.HI/c1-19-18(20-10-8-16-7-4-12-24-16)21-15-9-11-22(13-15)17(23)14-5-2-3-6-14;/h14-16H,2-13H2,1H3,(H2,19,20,21);1H. The van der Waals surface area contributed by atoms with Gasteiger partial charge < -0.3 is 20.3 Å². The maximum absolute atomic E-state index is 12.5. The maximum atomic E-state index is 12.5. The highest BCUT2D eigenvalue weighted by atomic mass is 127. The fraction of sp³-hybridized carbons (Fsp3) is 0.889. The molecule has 1 saturated carbocycles. The van der Waals surface area contributed by atoms with Crippen LogP contribution in [-0.2, 0) is 9.53 Å². The Morgan fingerprint density at radius 1 is 1.20 bits per heavy atom. The van der Waals surface area contributed by atoms with Gasteiger partial charge in [-0.2, -0.15) is 0 Å². The molecule has 6 nitrogen and oxygen atoms in total. The first kappa shape index (κ1) is 20.7. The number of guanidine groups is 1. The van der Waals surface area contributed by atoms with E-state index in [1.54, 1.807) is 7.05 Å². The van der Waals surface area contributed by atoms with E-state index < -0.39 is 0 Å². The predicted molar refractivity (Wildman–Crippen MR) is 110 cm³/mol. The molecule has 2 N–H and O–H groups in total. The molecule has 0 aromatic heterocycles. The molecule has 2 aliphatic heterocycles. The smallest absolute Gasteiger partial charge is 0.225 e. The van der Waals surface area contributed by atoms with E-state index in [4.69, 9.17) is 4.74 Å². The quantitative estimate of drug-likeness (QED) is 0.372. The molecule has 0 radical (unpaired) electrons. The number of halogens is 1. The van der Waals surface area contributed by atoms with E-state index in [-0.39, 0.29) is 29.9 Å². The van der Waals surface area contributed by atoms with E-state index in [0.717, 1.165) is 57.9 Å². The van der Waals surface area contributed by atoms with Gasteiger partial charge in [-0.05, 0) is 38.5 Å². The van der Waals surface area contributed by atoms with Crippen LogP contribution in [0.3, 0.4) is 0 Å². The van der Waals surface area contributed by atoms with E-state index >= 15 is 0 Å². The molecule has 2 unspecified atom stereocenters. The molecule has 2 heterocycles. The van der Waals surface area contributed by atoms with Crippen molar-refractivity contribution in [2.24, 2.45) is 10.9 Å². The SMILES string of the molecule is CN=C(NCCC1CCCO1)NC1CCN(C(=O)C2CCCC2)C1.I. The minimum absolute atomic E-state index is 0. The van der Waals surface area contributed by atoms with Crippen LogP contribution in [0.5, 0.6) is 0 Å². The minimum atomic E-state index is 0. The molecule has 3 fully saturated rings. The fourth-order valence-electron chi connectivity index (χ4n) is 4.12. The Hall–Kier alpha value is -0.570. The largest absolute Gasteiger partial charge is 0.378 e. The van der Waals surface area contributed by atoms with Crippen LogP contribution in [0.2, 0.25) is 0 Å². The zero-order chi connectivity index (χ0) is 16.8. The lowest BCUT2D eigenvalue weighted by molar-refractivity contribution is -0.134. The summed E-state index contributed by atoms with van der Waals surface area (Å²) in [5.74, 6) is 1.50. The number of nitrogens with zero attached hydrogens (tertiary/aromatic N) is 2. The third kappa shape index (κ3) is 5.98. The molecule has 3 rings (SSSR count). The summed E-state index contributed by atoms with van der Waals surface area (Å²) in [6.07, 6.45) is 9.39. The first-order chi connectivity index (χ1) is 11.8. The molecule has 25 heavy (non-hydrogen) atoms. The first-order valence-electron chi connectivity index (χ1n) is 9.64. The molecule has 7 heteroatoms. The summed E-state index contributed by atoms with van der Waals surface area (Å²) in [5.41, 5.74) is 0. The van der Waals surface area contributed by atoms with Crippen LogP contribution in [-0.4, -0.2) is 62.2 Å². The predicted octanol–water partition coefficient (Wildman–Crippen LogP) is 2.13. The summed E-state index contributed by atoms with van der Waals surface area (Å²) in [4.78, 5) is 18.9. The Kier molecular flexibility index (Phi) is 8.75.